The van der Waals surface area contributed by atoms with Crippen molar-refractivity contribution in [2.24, 2.45) is 0 Å². The molecule has 0 fully saturated rings. The lowest BCUT2D eigenvalue weighted by Crippen LogP contribution is -2.36. The number of alkyl carbamates (subject to hydrolysis) is 1. The number of nitrogens with zero attached hydrogens (tertiary/aromatic N) is 1. The van der Waals surface area contributed by atoms with Crippen molar-refractivity contribution in [2.45, 2.75) is 39.3 Å². The molecule has 1 amide bonds. The van der Waals surface area contributed by atoms with E-state index < -0.39 is 23.7 Å². The number of carbonyl (C=O) groups excluding carboxylic acids is 2. The second-order valence-corrected chi connectivity index (χ2v) is 6.34. The summed E-state index contributed by atoms with van der Waals surface area (Å²) in [7, 11) is 1.52. The summed E-state index contributed by atoms with van der Waals surface area (Å²) in [4.78, 5) is 27.7. The van der Waals surface area contributed by atoms with Crippen molar-refractivity contribution in [3.63, 3.8) is 0 Å². The summed E-state index contributed by atoms with van der Waals surface area (Å²) >= 11 is 1.25. The number of ether oxygens (including phenoxy) is 3. The van der Waals surface area contributed by atoms with E-state index in [-0.39, 0.29) is 18.9 Å². The fraction of sp³-hybridized carbons (Fsp3) is 0.643. The second kappa shape index (κ2) is 8.09. The number of amides is 1. The largest absolute Gasteiger partial charge is 0.461 e. The molecule has 0 unspecified atom stereocenters. The minimum atomic E-state index is -0.597. The van der Waals surface area contributed by atoms with Crippen molar-refractivity contribution < 1.29 is 23.8 Å². The molecule has 1 N–H and O–H groups in total. The molecule has 8 heteroatoms. The second-order valence-electron chi connectivity index (χ2n) is 5.45. The van der Waals surface area contributed by atoms with Crippen molar-refractivity contribution in [3.05, 3.63) is 16.1 Å². The first-order chi connectivity index (χ1) is 10.3. The molecule has 7 nitrogen and oxygen atoms in total. The molecule has 0 saturated heterocycles. The maximum Gasteiger partial charge on any atom is 0.408 e. The van der Waals surface area contributed by atoms with Gasteiger partial charge >= 0.3 is 12.1 Å². The first-order valence-corrected chi connectivity index (χ1v) is 7.75. The third-order valence-electron chi connectivity index (χ3n) is 2.33. The Morgan fingerprint density at radius 2 is 2.09 bits per heavy atom. The van der Waals surface area contributed by atoms with E-state index in [0.29, 0.717) is 5.01 Å². The molecule has 0 aliphatic heterocycles. The van der Waals surface area contributed by atoms with Gasteiger partial charge in [0.05, 0.1) is 13.2 Å². The lowest BCUT2D eigenvalue weighted by atomic mass is 10.2. The van der Waals surface area contributed by atoms with Crippen LogP contribution in [-0.2, 0) is 14.2 Å². The van der Waals surface area contributed by atoms with Crippen LogP contribution in [0.25, 0.3) is 0 Å². The molecule has 0 aliphatic rings. The van der Waals surface area contributed by atoms with Crippen LogP contribution in [0.2, 0.25) is 0 Å². The summed E-state index contributed by atoms with van der Waals surface area (Å²) in [6, 6.07) is -0.493. The Balaban J connectivity index is 2.78. The van der Waals surface area contributed by atoms with Crippen LogP contribution in [0.1, 0.15) is 49.2 Å². The molecule has 1 rings (SSSR count). The van der Waals surface area contributed by atoms with Crippen LogP contribution < -0.4 is 5.32 Å². The first-order valence-electron chi connectivity index (χ1n) is 6.87. The van der Waals surface area contributed by atoms with E-state index in [4.69, 9.17) is 14.2 Å². The highest BCUT2D eigenvalue weighted by Gasteiger charge is 2.23. The molecule has 0 saturated carbocycles. The van der Waals surface area contributed by atoms with Crippen molar-refractivity contribution in [3.8, 4) is 0 Å². The summed E-state index contributed by atoms with van der Waals surface area (Å²) in [5.41, 5.74) is -0.380. The van der Waals surface area contributed by atoms with Crippen LogP contribution in [0.15, 0.2) is 5.38 Å². The van der Waals surface area contributed by atoms with E-state index in [2.05, 4.69) is 10.3 Å². The Morgan fingerprint density at radius 1 is 1.41 bits per heavy atom. The lowest BCUT2D eigenvalue weighted by Gasteiger charge is -2.22. The predicted octanol–water partition coefficient (Wildman–Crippen LogP) is 2.53. The number of carbonyl (C=O) groups is 2. The van der Waals surface area contributed by atoms with Gasteiger partial charge in [-0.1, -0.05) is 0 Å². The predicted molar refractivity (Wildman–Crippen MR) is 82.1 cm³/mol. The number of hydrogen-bond donors (Lipinski definition) is 1. The SMILES string of the molecule is CCOC(=O)c1csc([C@H](COC)NC(=O)OC(C)(C)C)n1. The molecule has 0 radical (unpaired) electrons. The van der Waals surface area contributed by atoms with Crippen LogP contribution in [0, 0.1) is 0 Å². The minimum absolute atomic E-state index is 0.217. The molecular formula is C14H22N2O5S. The molecule has 1 aromatic rings. The summed E-state index contributed by atoms with van der Waals surface area (Å²) < 4.78 is 15.2. The Morgan fingerprint density at radius 3 is 2.64 bits per heavy atom. The summed E-state index contributed by atoms with van der Waals surface area (Å²) in [5, 5.41) is 4.83. The molecule has 124 valence electrons. The summed E-state index contributed by atoms with van der Waals surface area (Å²) in [6.07, 6.45) is -0.567. The molecule has 22 heavy (non-hydrogen) atoms. The monoisotopic (exact) mass is 330 g/mol. The molecule has 0 spiro atoms. The van der Waals surface area contributed by atoms with Crippen LogP contribution in [0.4, 0.5) is 4.79 Å². The van der Waals surface area contributed by atoms with Gasteiger partial charge in [-0.2, -0.15) is 0 Å². The van der Waals surface area contributed by atoms with E-state index in [1.165, 1.54) is 18.4 Å². The van der Waals surface area contributed by atoms with Gasteiger partial charge in [-0.25, -0.2) is 14.6 Å². The fourth-order valence-corrected chi connectivity index (χ4v) is 2.36. The fourth-order valence-electron chi connectivity index (χ4n) is 1.54. The average molecular weight is 330 g/mol. The highest BCUT2D eigenvalue weighted by molar-refractivity contribution is 7.09. The number of rotatable bonds is 6. The van der Waals surface area contributed by atoms with Crippen molar-refractivity contribution in [2.75, 3.05) is 20.3 Å². The Bertz CT molecular complexity index is 510. The maximum absolute atomic E-state index is 11.9. The number of methoxy groups -OCH3 is 1. The zero-order valence-corrected chi connectivity index (χ0v) is 14.3. The van der Waals surface area contributed by atoms with Gasteiger partial charge in [-0.3, -0.25) is 0 Å². The van der Waals surface area contributed by atoms with Crippen LogP contribution in [-0.4, -0.2) is 43.0 Å². The van der Waals surface area contributed by atoms with E-state index in [9.17, 15) is 9.59 Å². The Hall–Kier alpha value is -1.67. The van der Waals surface area contributed by atoms with Gasteiger partial charge in [0.25, 0.3) is 0 Å². The van der Waals surface area contributed by atoms with E-state index in [1.54, 1.807) is 33.1 Å². The zero-order chi connectivity index (χ0) is 16.8. The maximum atomic E-state index is 11.9. The van der Waals surface area contributed by atoms with Gasteiger partial charge in [-0.05, 0) is 27.7 Å². The smallest absolute Gasteiger partial charge is 0.408 e. The number of thiazole rings is 1. The molecule has 1 aromatic heterocycles. The van der Waals surface area contributed by atoms with Crippen LogP contribution >= 0.6 is 11.3 Å². The first kappa shape index (κ1) is 18.4. The minimum Gasteiger partial charge on any atom is -0.461 e. The highest BCUT2D eigenvalue weighted by Crippen LogP contribution is 2.20. The van der Waals surface area contributed by atoms with E-state index in [0.717, 1.165) is 0 Å². The molecule has 1 heterocycles. The van der Waals surface area contributed by atoms with Crippen molar-refractivity contribution in [1.29, 1.82) is 0 Å². The normalized spacial score (nSPS) is 12.6. The van der Waals surface area contributed by atoms with Gasteiger partial charge in [-0.15, -0.1) is 11.3 Å². The molecule has 1 atom stereocenters. The average Bonchev–Trinajstić information content (AvgIpc) is 2.85. The number of aromatic nitrogens is 1. The van der Waals surface area contributed by atoms with Gasteiger partial charge in [0.2, 0.25) is 0 Å². The molecule has 0 aliphatic carbocycles. The van der Waals surface area contributed by atoms with Gasteiger partial charge in [0, 0.05) is 12.5 Å². The third-order valence-corrected chi connectivity index (χ3v) is 3.29. The Labute approximate surface area is 134 Å². The molecule has 0 aromatic carbocycles. The highest BCUT2D eigenvalue weighted by atomic mass is 32.1. The van der Waals surface area contributed by atoms with E-state index in [1.807, 2.05) is 0 Å². The lowest BCUT2D eigenvalue weighted by molar-refractivity contribution is 0.0467. The summed E-state index contributed by atoms with van der Waals surface area (Å²) in [5.74, 6) is -0.488. The van der Waals surface area contributed by atoms with E-state index >= 15 is 0 Å². The quantitative estimate of drug-likeness (QED) is 0.807. The number of nitrogens with one attached hydrogen (secondary N) is 1. The third kappa shape index (κ3) is 5.98. The van der Waals surface area contributed by atoms with Gasteiger partial charge in [0.1, 0.15) is 16.7 Å². The zero-order valence-electron chi connectivity index (χ0n) is 13.5. The van der Waals surface area contributed by atoms with Crippen LogP contribution in [0.3, 0.4) is 0 Å². The topological polar surface area (TPSA) is 86.8 Å². The molecular weight excluding hydrogens is 308 g/mol. The van der Waals surface area contributed by atoms with Crippen LogP contribution in [0.5, 0.6) is 0 Å². The van der Waals surface area contributed by atoms with Gasteiger partial charge in [0.15, 0.2) is 5.69 Å². The molecule has 0 bridgehead atoms. The van der Waals surface area contributed by atoms with Gasteiger partial charge < -0.3 is 19.5 Å². The summed E-state index contributed by atoms with van der Waals surface area (Å²) in [6.45, 7) is 7.56. The standard InChI is InChI=1S/C14H22N2O5S/c1-6-20-12(17)10-8-22-11(15-10)9(7-19-5)16-13(18)21-14(2,3)4/h8-9H,6-7H2,1-5H3,(H,16,18)/t9-/m0/s1. The Kier molecular flexibility index (Phi) is 6.76. The van der Waals surface area contributed by atoms with Crippen molar-refractivity contribution in [1.82, 2.24) is 10.3 Å². The number of hydrogen-bond acceptors (Lipinski definition) is 7. The number of esters is 1. The van der Waals surface area contributed by atoms with Crippen molar-refractivity contribution >= 4 is 23.4 Å².